The van der Waals surface area contributed by atoms with Crippen molar-refractivity contribution in [2.75, 3.05) is 17.7 Å². The predicted molar refractivity (Wildman–Crippen MR) is 121 cm³/mol. The van der Waals surface area contributed by atoms with Crippen molar-refractivity contribution in [3.63, 3.8) is 0 Å². The lowest BCUT2D eigenvalue weighted by molar-refractivity contribution is -0.122. The normalized spacial score (nSPS) is 12.4. The van der Waals surface area contributed by atoms with E-state index in [0.29, 0.717) is 10.8 Å². The quantitative estimate of drug-likeness (QED) is 0.595. The van der Waals surface area contributed by atoms with Crippen LogP contribution < -0.4 is 14.4 Å². The van der Waals surface area contributed by atoms with Gasteiger partial charge < -0.3 is 10.1 Å². The molecule has 0 fully saturated rings. The Balaban J connectivity index is 1.83. The van der Waals surface area contributed by atoms with Crippen molar-refractivity contribution in [2.24, 2.45) is 0 Å². The van der Waals surface area contributed by atoms with E-state index < -0.39 is 22.0 Å². The molecule has 0 spiro atoms. The van der Waals surface area contributed by atoms with Crippen molar-refractivity contribution < 1.29 is 17.9 Å². The summed E-state index contributed by atoms with van der Waals surface area (Å²) in [6.07, 6.45) is 1.04. The number of carbonyl (C=O) groups is 1. The van der Waals surface area contributed by atoms with Crippen LogP contribution in [0.15, 0.2) is 60.7 Å². The molecule has 0 saturated carbocycles. The monoisotopic (exact) mass is 446 g/mol. The summed E-state index contributed by atoms with van der Waals surface area (Å²) in [7, 11) is -2.36. The molecule has 3 rings (SSSR count). The SMILES string of the molecule is COc1ccc(Cl)cc1N([C@@H](C)C(=O)NCc1ccc2ccccc2c1)S(C)(=O)=O. The van der Waals surface area contributed by atoms with Crippen LogP contribution in [0, 0.1) is 0 Å². The van der Waals surface area contributed by atoms with Crippen molar-refractivity contribution in [3.05, 3.63) is 71.2 Å². The number of benzene rings is 3. The van der Waals surface area contributed by atoms with E-state index in [2.05, 4.69) is 5.32 Å². The van der Waals surface area contributed by atoms with Gasteiger partial charge in [0.05, 0.1) is 19.1 Å². The molecule has 158 valence electrons. The molecule has 0 bridgehead atoms. The first-order valence-electron chi connectivity index (χ1n) is 9.29. The zero-order valence-electron chi connectivity index (χ0n) is 16.9. The molecule has 1 atom stereocenters. The number of nitrogens with one attached hydrogen (secondary N) is 1. The first-order chi connectivity index (χ1) is 14.2. The molecule has 0 saturated heterocycles. The first kappa shape index (κ1) is 21.9. The second-order valence-corrected chi connectivity index (χ2v) is 9.25. The minimum Gasteiger partial charge on any atom is -0.495 e. The van der Waals surface area contributed by atoms with Crippen molar-refractivity contribution in [2.45, 2.75) is 19.5 Å². The molecule has 0 aliphatic carbocycles. The van der Waals surface area contributed by atoms with Crippen LogP contribution >= 0.6 is 11.6 Å². The van der Waals surface area contributed by atoms with E-state index in [4.69, 9.17) is 16.3 Å². The molecule has 1 amide bonds. The van der Waals surface area contributed by atoms with E-state index in [1.165, 1.54) is 20.1 Å². The highest BCUT2D eigenvalue weighted by Crippen LogP contribution is 2.34. The van der Waals surface area contributed by atoms with Crippen LogP contribution in [0.5, 0.6) is 5.75 Å². The molecule has 1 N–H and O–H groups in total. The Kier molecular flexibility index (Phi) is 6.53. The third-order valence-corrected chi connectivity index (χ3v) is 6.21. The van der Waals surface area contributed by atoms with Gasteiger partial charge in [0.2, 0.25) is 15.9 Å². The van der Waals surface area contributed by atoms with Crippen LogP contribution in [-0.4, -0.2) is 33.7 Å². The fourth-order valence-corrected chi connectivity index (χ4v) is 4.64. The number of halogens is 1. The molecule has 3 aromatic carbocycles. The maximum Gasteiger partial charge on any atom is 0.243 e. The van der Waals surface area contributed by atoms with Gasteiger partial charge in [-0.3, -0.25) is 9.10 Å². The Morgan fingerprint density at radius 3 is 2.47 bits per heavy atom. The molecule has 6 nitrogen and oxygen atoms in total. The molecular formula is C22H23ClN2O4S. The van der Waals surface area contributed by atoms with Gasteiger partial charge in [-0.15, -0.1) is 0 Å². The van der Waals surface area contributed by atoms with Gasteiger partial charge in [-0.25, -0.2) is 8.42 Å². The standard InChI is InChI=1S/C22H23ClN2O4S/c1-15(25(30(3,27)28)20-13-19(23)10-11-21(20)29-2)22(26)24-14-16-8-9-17-6-4-5-7-18(17)12-16/h4-13,15H,14H2,1-3H3,(H,24,26)/t15-/m0/s1. The molecule has 8 heteroatoms. The molecule has 0 heterocycles. The minimum atomic E-state index is -3.79. The number of anilines is 1. The van der Waals surface area contributed by atoms with Gasteiger partial charge in [0.25, 0.3) is 0 Å². The molecule has 0 aromatic heterocycles. The summed E-state index contributed by atoms with van der Waals surface area (Å²) in [5, 5.41) is 5.33. The summed E-state index contributed by atoms with van der Waals surface area (Å²) in [5.74, 6) is -0.130. The fraction of sp³-hybridized carbons (Fsp3) is 0.227. The summed E-state index contributed by atoms with van der Waals surface area (Å²) < 4.78 is 31.4. The van der Waals surface area contributed by atoms with E-state index in [-0.39, 0.29) is 12.2 Å². The second-order valence-electron chi connectivity index (χ2n) is 6.95. The molecule has 30 heavy (non-hydrogen) atoms. The van der Waals surface area contributed by atoms with E-state index in [9.17, 15) is 13.2 Å². The van der Waals surface area contributed by atoms with Gasteiger partial charge in [-0.1, -0.05) is 48.0 Å². The number of fused-ring (bicyclic) bond motifs is 1. The third kappa shape index (κ3) is 4.86. The Labute approximate surface area is 181 Å². The largest absolute Gasteiger partial charge is 0.495 e. The number of amides is 1. The smallest absolute Gasteiger partial charge is 0.243 e. The number of hydrogen-bond acceptors (Lipinski definition) is 4. The van der Waals surface area contributed by atoms with Gasteiger partial charge in [0, 0.05) is 11.6 Å². The van der Waals surface area contributed by atoms with Crippen LogP contribution in [0.3, 0.4) is 0 Å². The van der Waals surface area contributed by atoms with Crippen LogP contribution in [-0.2, 0) is 21.4 Å². The number of carbonyl (C=O) groups excluding carboxylic acids is 1. The first-order valence-corrected chi connectivity index (χ1v) is 11.5. The second kappa shape index (κ2) is 8.93. The van der Waals surface area contributed by atoms with Crippen LogP contribution in [0.4, 0.5) is 5.69 Å². The third-order valence-electron chi connectivity index (χ3n) is 4.75. The molecule has 3 aromatic rings. The van der Waals surface area contributed by atoms with Crippen molar-refractivity contribution in [1.29, 1.82) is 0 Å². The van der Waals surface area contributed by atoms with E-state index >= 15 is 0 Å². The fourth-order valence-electron chi connectivity index (χ4n) is 3.30. The molecular weight excluding hydrogens is 424 g/mol. The lowest BCUT2D eigenvalue weighted by Gasteiger charge is -2.29. The number of ether oxygens (including phenoxy) is 1. The Bertz CT molecular complexity index is 1180. The number of methoxy groups -OCH3 is 1. The van der Waals surface area contributed by atoms with E-state index in [1.54, 1.807) is 12.1 Å². The van der Waals surface area contributed by atoms with Crippen molar-refractivity contribution in [1.82, 2.24) is 5.32 Å². The Morgan fingerprint density at radius 1 is 1.10 bits per heavy atom. The average molecular weight is 447 g/mol. The summed E-state index contributed by atoms with van der Waals surface area (Å²) in [5.41, 5.74) is 1.13. The van der Waals surface area contributed by atoms with Crippen LogP contribution in [0.2, 0.25) is 5.02 Å². The van der Waals surface area contributed by atoms with Crippen molar-refractivity contribution in [3.8, 4) is 5.75 Å². The summed E-state index contributed by atoms with van der Waals surface area (Å²) >= 11 is 6.06. The number of rotatable bonds is 7. The number of hydrogen-bond donors (Lipinski definition) is 1. The van der Waals surface area contributed by atoms with E-state index in [1.807, 2.05) is 42.5 Å². The summed E-state index contributed by atoms with van der Waals surface area (Å²) in [6.45, 7) is 1.80. The van der Waals surface area contributed by atoms with Gasteiger partial charge in [0.15, 0.2) is 0 Å². The highest BCUT2D eigenvalue weighted by molar-refractivity contribution is 7.92. The lowest BCUT2D eigenvalue weighted by atomic mass is 10.1. The van der Waals surface area contributed by atoms with Gasteiger partial charge >= 0.3 is 0 Å². The molecule has 0 aliphatic rings. The lowest BCUT2D eigenvalue weighted by Crippen LogP contribution is -2.47. The van der Waals surface area contributed by atoms with Gasteiger partial charge in [-0.05, 0) is 47.5 Å². The zero-order chi connectivity index (χ0) is 21.9. The Hall–Kier alpha value is -2.77. The summed E-state index contributed by atoms with van der Waals surface area (Å²) in [6, 6.07) is 17.5. The maximum atomic E-state index is 12.8. The molecule has 0 aliphatic heterocycles. The highest BCUT2D eigenvalue weighted by atomic mass is 35.5. The van der Waals surface area contributed by atoms with Crippen LogP contribution in [0.1, 0.15) is 12.5 Å². The highest BCUT2D eigenvalue weighted by Gasteiger charge is 2.31. The molecule has 0 radical (unpaired) electrons. The maximum absolute atomic E-state index is 12.8. The molecule has 0 unspecified atom stereocenters. The number of sulfonamides is 1. The zero-order valence-corrected chi connectivity index (χ0v) is 18.5. The van der Waals surface area contributed by atoms with Crippen molar-refractivity contribution >= 4 is 44.0 Å². The summed E-state index contributed by atoms with van der Waals surface area (Å²) in [4.78, 5) is 12.8. The Morgan fingerprint density at radius 2 is 1.80 bits per heavy atom. The van der Waals surface area contributed by atoms with Gasteiger partial charge in [-0.2, -0.15) is 0 Å². The van der Waals surface area contributed by atoms with Gasteiger partial charge in [0.1, 0.15) is 11.8 Å². The predicted octanol–water partition coefficient (Wildman–Crippen LogP) is 3.97. The average Bonchev–Trinajstić information content (AvgIpc) is 2.71. The van der Waals surface area contributed by atoms with Crippen LogP contribution in [0.25, 0.3) is 10.8 Å². The topological polar surface area (TPSA) is 75.7 Å². The number of nitrogens with zero attached hydrogens (tertiary/aromatic N) is 1. The van der Waals surface area contributed by atoms with E-state index in [0.717, 1.165) is 26.9 Å². The minimum absolute atomic E-state index is 0.209.